The summed E-state index contributed by atoms with van der Waals surface area (Å²) in [6, 6.07) is 13.8. The first-order valence-corrected chi connectivity index (χ1v) is 6.88. The summed E-state index contributed by atoms with van der Waals surface area (Å²) >= 11 is 1.30. The van der Waals surface area contributed by atoms with Crippen molar-refractivity contribution in [2.24, 2.45) is 0 Å². The second kappa shape index (κ2) is 6.59. The van der Waals surface area contributed by atoms with Crippen LogP contribution in [0.25, 0.3) is 0 Å². The zero-order valence-electron chi connectivity index (χ0n) is 10.5. The molecule has 0 aliphatic carbocycles. The second-order valence-corrected chi connectivity index (χ2v) is 5.10. The average Bonchev–Trinajstić information content (AvgIpc) is 2.46. The van der Waals surface area contributed by atoms with Crippen LogP contribution in [0.2, 0.25) is 0 Å². The van der Waals surface area contributed by atoms with Gasteiger partial charge < -0.3 is 9.84 Å². The van der Waals surface area contributed by atoms with Crippen molar-refractivity contribution < 1.29 is 14.2 Å². The summed E-state index contributed by atoms with van der Waals surface area (Å²) < 4.78 is 18.5. The molecule has 4 heteroatoms. The van der Waals surface area contributed by atoms with Crippen molar-refractivity contribution >= 4 is 11.8 Å². The molecule has 2 aromatic rings. The molecule has 100 valence electrons. The van der Waals surface area contributed by atoms with E-state index >= 15 is 0 Å². The lowest BCUT2D eigenvalue weighted by atomic mass is 10.1. The van der Waals surface area contributed by atoms with E-state index in [2.05, 4.69) is 0 Å². The van der Waals surface area contributed by atoms with Crippen LogP contribution in [0.5, 0.6) is 5.75 Å². The van der Waals surface area contributed by atoms with Crippen LogP contribution in [-0.4, -0.2) is 18.0 Å². The van der Waals surface area contributed by atoms with E-state index in [9.17, 15) is 9.50 Å². The molecular formula is C15H15FO2S. The Hall–Kier alpha value is -1.52. The van der Waals surface area contributed by atoms with Gasteiger partial charge in [0.15, 0.2) is 0 Å². The Balaban J connectivity index is 2.01. The van der Waals surface area contributed by atoms with Gasteiger partial charge in [0, 0.05) is 10.6 Å². The molecule has 0 heterocycles. The van der Waals surface area contributed by atoms with E-state index in [0.717, 1.165) is 5.56 Å². The highest BCUT2D eigenvalue weighted by Gasteiger charge is 2.10. The van der Waals surface area contributed by atoms with E-state index in [0.29, 0.717) is 16.4 Å². The lowest BCUT2D eigenvalue weighted by Crippen LogP contribution is -2.01. The third-order valence-electron chi connectivity index (χ3n) is 2.71. The number of thioether (sulfide) groups is 1. The Morgan fingerprint density at radius 2 is 2.00 bits per heavy atom. The molecule has 2 nitrogen and oxygen atoms in total. The van der Waals surface area contributed by atoms with Gasteiger partial charge in [0.05, 0.1) is 13.2 Å². The van der Waals surface area contributed by atoms with Crippen molar-refractivity contribution in [1.82, 2.24) is 0 Å². The van der Waals surface area contributed by atoms with Gasteiger partial charge in [0.25, 0.3) is 0 Å². The maximum atomic E-state index is 13.4. The summed E-state index contributed by atoms with van der Waals surface area (Å²) in [7, 11) is 1.58. The highest BCUT2D eigenvalue weighted by atomic mass is 32.2. The Morgan fingerprint density at radius 1 is 1.21 bits per heavy atom. The second-order valence-electron chi connectivity index (χ2n) is 4.03. The zero-order chi connectivity index (χ0) is 13.7. The predicted octanol–water partition coefficient (Wildman–Crippen LogP) is 3.66. The van der Waals surface area contributed by atoms with Crippen molar-refractivity contribution in [2.75, 3.05) is 12.9 Å². The van der Waals surface area contributed by atoms with Crippen molar-refractivity contribution in [2.45, 2.75) is 11.0 Å². The number of aliphatic hydroxyl groups is 1. The Labute approximate surface area is 116 Å². The minimum atomic E-state index is -0.653. The molecule has 1 atom stereocenters. The molecule has 19 heavy (non-hydrogen) atoms. The fourth-order valence-corrected chi connectivity index (χ4v) is 2.59. The van der Waals surface area contributed by atoms with Crippen LogP contribution >= 0.6 is 11.8 Å². The maximum Gasteiger partial charge on any atom is 0.136 e. The first-order chi connectivity index (χ1) is 9.20. The van der Waals surface area contributed by atoms with Gasteiger partial charge in [0.1, 0.15) is 11.6 Å². The molecule has 0 fully saturated rings. The van der Waals surface area contributed by atoms with Gasteiger partial charge in [0.2, 0.25) is 0 Å². The SMILES string of the molecule is COc1cccc(C(O)CSc2ccccc2F)c1. The summed E-state index contributed by atoms with van der Waals surface area (Å²) in [6.45, 7) is 0. The van der Waals surface area contributed by atoms with Crippen LogP contribution in [0.3, 0.4) is 0 Å². The van der Waals surface area contributed by atoms with Crippen LogP contribution in [-0.2, 0) is 0 Å². The third kappa shape index (κ3) is 3.72. The summed E-state index contributed by atoms with van der Waals surface area (Å²) in [5.41, 5.74) is 0.767. The molecule has 0 saturated heterocycles. The van der Waals surface area contributed by atoms with Crippen molar-refractivity contribution in [3.63, 3.8) is 0 Å². The van der Waals surface area contributed by atoms with Gasteiger partial charge in [-0.05, 0) is 29.8 Å². The van der Waals surface area contributed by atoms with Gasteiger partial charge in [-0.2, -0.15) is 0 Å². The van der Waals surface area contributed by atoms with Gasteiger partial charge in [-0.1, -0.05) is 24.3 Å². The quantitative estimate of drug-likeness (QED) is 0.846. The van der Waals surface area contributed by atoms with E-state index < -0.39 is 6.10 Å². The van der Waals surface area contributed by atoms with Crippen molar-refractivity contribution in [1.29, 1.82) is 0 Å². The Morgan fingerprint density at radius 3 is 2.74 bits per heavy atom. The van der Waals surface area contributed by atoms with E-state index in [-0.39, 0.29) is 5.82 Å². The molecule has 0 aliphatic heterocycles. The van der Waals surface area contributed by atoms with Crippen LogP contribution in [0, 0.1) is 5.82 Å². The van der Waals surface area contributed by atoms with Gasteiger partial charge in [-0.25, -0.2) is 4.39 Å². The lowest BCUT2D eigenvalue weighted by Gasteiger charge is -2.12. The minimum Gasteiger partial charge on any atom is -0.497 e. The standard InChI is InChI=1S/C15H15FO2S/c1-18-12-6-4-5-11(9-12)14(17)10-19-15-8-3-2-7-13(15)16/h2-9,14,17H,10H2,1H3. The molecule has 2 aromatic carbocycles. The first-order valence-electron chi connectivity index (χ1n) is 5.90. The number of rotatable bonds is 5. The summed E-state index contributed by atoms with van der Waals surface area (Å²) in [6.07, 6.45) is -0.653. The maximum absolute atomic E-state index is 13.4. The molecule has 0 aromatic heterocycles. The molecule has 0 saturated carbocycles. The van der Waals surface area contributed by atoms with Gasteiger partial charge >= 0.3 is 0 Å². The largest absolute Gasteiger partial charge is 0.497 e. The van der Waals surface area contributed by atoms with Gasteiger partial charge in [-0.3, -0.25) is 0 Å². The number of ether oxygens (including phenoxy) is 1. The van der Waals surface area contributed by atoms with E-state index in [1.54, 1.807) is 31.4 Å². The van der Waals surface area contributed by atoms with E-state index in [1.807, 2.05) is 18.2 Å². The Bertz CT molecular complexity index is 545. The molecular weight excluding hydrogens is 263 g/mol. The van der Waals surface area contributed by atoms with E-state index in [4.69, 9.17) is 4.74 Å². The monoisotopic (exact) mass is 278 g/mol. The number of benzene rings is 2. The summed E-state index contributed by atoms with van der Waals surface area (Å²) in [5.74, 6) is 0.839. The molecule has 2 rings (SSSR count). The topological polar surface area (TPSA) is 29.5 Å². The molecule has 0 radical (unpaired) electrons. The average molecular weight is 278 g/mol. The van der Waals surface area contributed by atoms with Crippen molar-refractivity contribution in [3.05, 3.63) is 59.9 Å². The third-order valence-corrected chi connectivity index (χ3v) is 3.84. The molecule has 0 aliphatic rings. The summed E-state index contributed by atoms with van der Waals surface area (Å²) in [4.78, 5) is 0.546. The molecule has 1 N–H and O–H groups in total. The number of hydrogen-bond donors (Lipinski definition) is 1. The van der Waals surface area contributed by atoms with E-state index in [1.165, 1.54) is 17.8 Å². The Kier molecular flexibility index (Phi) is 4.82. The fourth-order valence-electron chi connectivity index (χ4n) is 1.68. The van der Waals surface area contributed by atoms with Crippen LogP contribution in [0.4, 0.5) is 4.39 Å². The van der Waals surface area contributed by atoms with Gasteiger partial charge in [-0.15, -0.1) is 11.8 Å². The number of hydrogen-bond acceptors (Lipinski definition) is 3. The normalized spacial score (nSPS) is 12.2. The molecule has 0 spiro atoms. The first kappa shape index (κ1) is 13.9. The number of aliphatic hydroxyl groups excluding tert-OH is 1. The van der Waals surface area contributed by atoms with Crippen molar-refractivity contribution in [3.8, 4) is 5.75 Å². The van der Waals surface area contributed by atoms with Crippen LogP contribution < -0.4 is 4.74 Å². The minimum absolute atomic E-state index is 0.259. The fraction of sp³-hybridized carbons (Fsp3) is 0.200. The van der Waals surface area contributed by atoms with Crippen LogP contribution in [0.1, 0.15) is 11.7 Å². The highest BCUT2D eigenvalue weighted by molar-refractivity contribution is 7.99. The lowest BCUT2D eigenvalue weighted by molar-refractivity contribution is 0.203. The molecule has 1 unspecified atom stereocenters. The highest BCUT2D eigenvalue weighted by Crippen LogP contribution is 2.27. The zero-order valence-corrected chi connectivity index (χ0v) is 11.4. The number of halogens is 1. The summed E-state index contributed by atoms with van der Waals surface area (Å²) in [5, 5.41) is 10.1. The predicted molar refractivity (Wildman–Crippen MR) is 75.1 cm³/mol. The molecule has 0 bridgehead atoms. The number of methoxy groups -OCH3 is 1. The van der Waals surface area contributed by atoms with Crippen LogP contribution in [0.15, 0.2) is 53.4 Å². The smallest absolute Gasteiger partial charge is 0.136 e. The molecule has 0 amide bonds.